The van der Waals surface area contributed by atoms with Crippen LogP contribution in [-0.2, 0) is 6.54 Å². The van der Waals surface area contributed by atoms with Crippen molar-refractivity contribution in [3.63, 3.8) is 0 Å². The van der Waals surface area contributed by atoms with Crippen LogP contribution in [0.5, 0.6) is 5.88 Å². The van der Waals surface area contributed by atoms with Gasteiger partial charge < -0.3 is 15.4 Å². The van der Waals surface area contributed by atoms with Gasteiger partial charge >= 0.3 is 0 Å². The molecule has 2 rings (SSSR count). The zero-order valence-corrected chi connectivity index (χ0v) is 8.99. The third-order valence-electron chi connectivity index (χ3n) is 2.66. The summed E-state index contributed by atoms with van der Waals surface area (Å²) in [7, 11) is 1.63. The molecule has 1 unspecified atom stereocenters. The van der Waals surface area contributed by atoms with E-state index in [0.717, 1.165) is 19.6 Å². The fourth-order valence-corrected chi connectivity index (χ4v) is 1.73. The van der Waals surface area contributed by atoms with Gasteiger partial charge in [0, 0.05) is 31.4 Å². The Bertz CT molecular complexity index is 293. The van der Waals surface area contributed by atoms with E-state index >= 15 is 0 Å². The van der Waals surface area contributed by atoms with Crippen molar-refractivity contribution in [2.24, 2.45) is 0 Å². The van der Waals surface area contributed by atoms with Gasteiger partial charge in [0.25, 0.3) is 0 Å². The van der Waals surface area contributed by atoms with Gasteiger partial charge in [-0.15, -0.1) is 0 Å². The van der Waals surface area contributed by atoms with E-state index in [-0.39, 0.29) is 0 Å². The molecular formula is C11H17N3O. The van der Waals surface area contributed by atoms with E-state index in [1.54, 1.807) is 7.11 Å². The standard InChI is InChI=1S/C11H17N3O/c1-15-11-3-2-9(7-14-11)6-13-10-4-5-12-8-10/h2-3,7,10,12-13H,4-6,8H2,1H3. The lowest BCUT2D eigenvalue weighted by Gasteiger charge is -2.10. The van der Waals surface area contributed by atoms with Gasteiger partial charge in [-0.2, -0.15) is 0 Å². The van der Waals surface area contributed by atoms with Crippen molar-refractivity contribution in [3.05, 3.63) is 23.9 Å². The van der Waals surface area contributed by atoms with Crippen LogP contribution < -0.4 is 15.4 Å². The molecule has 1 aliphatic heterocycles. The van der Waals surface area contributed by atoms with Crippen LogP contribution in [0.4, 0.5) is 0 Å². The summed E-state index contributed by atoms with van der Waals surface area (Å²) in [5.74, 6) is 0.668. The Morgan fingerprint density at radius 3 is 3.13 bits per heavy atom. The van der Waals surface area contributed by atoms with Crippen LogP contribution in [0, 0.1) is 0 Å². The quantitative estimate of drug-likeness (QED) is 0.756. The smallest absolute Gasteiger partial charge is 0.212 e. The first-order valence-electron chi connectivity index (χ1n) is 5.31. The van der Waals surface area contributed by atoms with Crippen molar-refractivity contribution in [2.75, 3.05) is 20.2 Å². The van der Waals surface area contributed by atoms with Crippen LogP contribution in [0.15, 0.2) is 18.3 Å². The second-order valence-corrected chi connectivity index (χ2v) is 3.78. The van der Waals surface area contributed by atoms with Crippen molar-refractivity contribution in [2.45, 2.75) is 19.0 Å². The molecule has 4 heteroatoms. The maximum atomic E-state index is 5.01. The summed E-state index contributed by atoms with van der Waals surface area (Å²) in [6, 6.07) is 4.54. The lowest BCUT2D eigenvalue weighted by atomic mass is 10.2. The zero-order valence-electron chi connectivity index (χ0n) is 8.99. The number of nitrogens with one attached hydrogen (secondary N) is 2. The molecule has 0 saturated carbocycles. The molecule has 1 aliphatic rings. The molecule has 2 N–H and O–H groups in total. The molecule has 4 nitrogen and oxygen atoms in total. The summed E-state index contributed by atoms with van der Waals surface area (Å²) < 4.78 is 5.01. The van der Waals surface area contributed by atoms with Gasteiger partial charge in [0.05, 0.1) is 7.11 Å². The Balaban J connectivity index is 1.82. The Morgan fingerprint density at radius 2 is 2.53 bits per heavy atom. The molecule has 0 aromatic carbocycles. The summed E-state index contributed by atoms with van der Waals surface area (Å²) >= 11 is 0. The maximum absolute atomic E-state index is 5.01. The van der Waals surface area contributed by atoms with Crippen LogP contribution >= 0.6 is 0 Å². The Kier molecular flexibility index (Phi) is 3.53. The monoisotopic (exact) mass is 207 g/mol. The minimum absolute atomic E-state index is 0.604. The van der Waals surface area contributed by atoms with Crippen molar-refractivity contribution in [3.8, 4) is 5.88 Å². The minimum atomic E-state index is 0.604. The summed E-state index contributed by atoms with van der Waals surface area (Å²) in [6.45, 7) is 3.07. The van der Waals surface area contributed by atoms with Crippen LogP contribution in [0.3, 0.4) is 0 Å². The summed E-state index contributed by atoms with van der Waals surface area (Å²) in [5.41, 5.74) is 1.20. The molecule has 1 saturated heterocycles. The lowest BCUT2D eigenvalue weighted by molar-refractivity contribution is 0.397. The first kappa shape index (κ1) is 10.4. The third-order valence-corrected chi connectivity index (χ3v) is 2.66. The second kappa shape index (κ2) is 5.09. The fourth-order valence-electron chi connectivity index (χ4n) is 1.73. The molecule has 1 aromatic heterocycles. The molecule has 0 bridgehead atoms. The van der Waals surface area contributed by atoms with Gasteiger partial charge in [-0.05, 0) is 18.5 Å². The molecule has 2 heterocycles. The number of rotatable bonds is 4. The number of hydrogen-bond acceptors (Lipinski definition) is 4. The van der Waals surface area contributed by atoms with Crippen LogP contribution in [0.25, 0.3) is 0 Å². The average molecular weight is 207 g/mol. The SMILES string of the molecule is COc1ccc(CNC2CCNC2)cn1. The van der Waals surface area contributed by atoms with Gasteiger partial charge in [-0.1, -0.05) is 6.07 Å². The number of hydrogen-bond donors (Lipinski definition) is 2. The van der Waals surface area contributed by atoms with Crippen LogP contribution in [0.1, 0.15) is 12.0 Å². The predicted molar refractivity (Wildman–Crippen MR) is 58.9 cm³/mol. The molecule has 15 heavy (non-hydrogen) atoms. The molecule has 82 valence electrons. The Labute approximate surface area is 90.0 Å². The van der Waals surface area contributed by atoms with Crippen molar-refractivity contribution >= 4 is 0 Å². The number of nitrogens with zero attached hydrogens (tertiary/aromatic N) is 1. The molecule has 0 radical (unpaired) electrons. The normalized spacial score (nSPS) is 20.5. The molecule has 1 atom stereocenters. The van der Waals surface area contributed by atoms with Crippen LogP contribution in [-0.4, -0.2) is 31.2 Å². The van der Waals surface area contributed by atoms with Crippen molar-refractivity contribution in [1.29, 1.82) is 0 Å². The third kappa shape index (κ3) is 2.91. The molecule has 1 aromatic rings. The molecule has 0 spiro atoms. The Hall–Kier alpha value is -1.13. The van der Waals surface area contributed by atoms with Gasteiger partial charge in [-0.25, -0.2) is 4.98 Å². The van der Waals surface area contributed by atoms with Gasteiger partial charge in [0.2, 0.25) is 5.88 Å². The topological polar surface area (TPSA) is 46.2 Å². The van der Waals surface area contributed by atoms with E-state index in [0.29, 0.717) is 11.9 Å². The number of aromatic nitrogens is 1. The van der Waals surface area contributed by atoms with Crippen molar-refractivity contribution < 1.29 is 4.74 Å². The molecule has 0 aliphatic carbocycles. The molecular weight excluding hydrogens is 190 g/mol. The number of pyridine rings is 1. The highest BCUT2D eigenvalue weighted by atomic mass is 16.5. The van der Waals surface area contributed by atoms with Gasteiger partial charge in [0.1, 0.15) is 0 Å². The van der Waals surface area contributed by atoms with Gasteiger partial charge in [-0.3, -0.25) is 0 Å². The van der Waals surface area contributed by atoms with Gasteiger partial charge in [0.15, 0.2) is 0 Å². The maximum Gasteiger partial charge on any atom is 0.212 e. The predicted octanol–water partition coefficient (Wildman–Crippen LogP) is 0.542. The van der Waals surface area contributed by atoms with E-state index in [1.165, 1.54) is 12.0 Å². The minimum Gasteiger partial charge on any atom is -0.481 e. The Morgan fingerprint density at radius 1 is 1.60 bits per heavy atom. The fraction of sp³-hybridized carbons (Fsp3) is 0.545. The van der Waals surface area contributed by atoms with E-state index in [1.807, 2.05) is 18.3 Å². The molecule has 0 amide bonds. The highest BCUT2D eigenvalue weighted by molar-refractivity contribution is 5.17. The summed E-state index contributed by atoms with van der Waals surface area (Å²) in [6.07, 6.45) is 3.07. The largest absolute Gasteiger partial charge is 0.481 e. The number of methoxy groups -OCH3 is 1. The summed E-state index contributed by atoms with van der Waals surface area (Å²) in [5, 5.41) is 6.82. The average Bonchev–Trinajstić information content (AvgIpc) is 2.80. The molecule has 1 fully saturated rings. The second-order valence-electron chi connectivity index (χ2n) is 3.78. The van der Waals surface area contributed by atoms with Crippen LogP contribution in [0.2, 0.25) is 0 Å². The highest BCUT2D eigenvalue weighted by Gasteiger charge is 2.12. The van der Waals surface area contributed by atoms with E-state index < -0.39 is 0 Å². The summed E-state index contributed by atoms with van der Waals surface area (Å²) in [4.78, 5) is 4.16. The number of ether oxygens (including phenoxy) is 1. The first-order chi connectivity index (χ1) is 7.38. The lowest BCUT2D eigenvalue weighted by Crippen LogP contribution is -2.30. The van der Waals surface area contributed by atoms with E-state index in [2.05, 4.69) is 15.6 Å². The zero-order chi connectivity index (χ0) is 10.5. The van der Waals surface area contributed by atoms with Crippen molar-refractivity contribution in [1.82, 2.24) is 15.6 Å². The first-order valence-corrected chi connectivity index (χ1v) is 5.31. The van der Waals surface area contributed by atoms with E-state index in [4.69, 9.17) is 4.74 Å². The van der Waals surface area contributed by atoms with E-state index in [9.17, 15) is 0 Å². The highest BCUT2D eigenvalue weighted by Crippen LogP contribution is 2.07.